The molecule has 128 valence electrons. The molecule has 0 aliphatic rings. The number of hydrogen-bond donors (Lipinski definition) is 1. The zero-order valence-corrected chi connectivity index (χ0v) is 14.1. The molecule has 27 heavy (non-hydrogen) atoms. The van der Waals surface area contributed by atoms with Crippen molar-refractivity contribution in [2.24, 2.45) is 0 Å². The van der Waals surface area contributed by atoms with E-state index in [9.17, 15) is 5.11 Å². The highest BCUT2D eigenvalue weighted by Crippen LogP contribution is 2.42. The second kappa shape index (κ2) is 5.11. The van der Waals surface area contributed by atoms with Gasteiger partial charge in [-0.1, -0.05) is 24.3 Å². The van der Waals surface area contributed by atoms with Crippen LogP contribution in [0.4, 0.5) is 0 Å². The average molecular weight is 351 g/mol. The Morgan fingerprint density at radius 1 is 0.667 bits per heavy atom. The first kappa shape index (κ1) is 14.4. The minimum Gasteiger partial charge on any atom is -0.507 e. The standard InChI is InChI=1S/C23H13NO3/c25-18-9-8-14-16-12-20-15(13-5-1-2-7-19(13)26-20)11-21(16)27-23(14)22(18)17-6-3-4-10-24-17/h1-12,25H. The van der Waals surface area contributed by atoms with Crippen molar-refractivity contribution in [2.75, 3.05) is 0 Å². The van der Waals surface area contributed by atoms with Gasteiger partial charge in [-0.3, -0.25) is 4.98 Å². The first-order chi connectivity index (χ1) is 13.3. The Labute approximate surface area is 153 Å². The fourth-order valence-corrected chi connectivity index (χ4v) is 3.80. The summed E-state index contributed by atoms with van der Waals surface area (Å²) in [4.78, 5) is 4.38. The van der Waals surface area contributed by atoms with Gasteiger partial charge in [-0.15, -0.1) is 0 Å². The number of nitrogens with zero attached hydrogens (tertiary/aromatic N) is 1. The first-order valence-corrected chi connectivity index (χ1v) is 8.70. The van der Waals surface area contributed by atoms with E-state index in [-0.39, 0.29) is 5.75 Å². The molecule has 0 radical (unpaired) electrons. The fourth-order valence-electron chi connectivity index (χ4n) is 3.80. The van der Waals surface area contributed by atoms with Gasteiger partial charge in [-0.2, -0.15) is 0 Å². The summed E-state index contributed by atoms with van der Waals surface area (Å²) in [7, 11) is 0. The Morgan fingerprint density at radius 2 is 1.44 bits per heavy atom. The molecule has 0 amide bonds. The Morgan fingerprint density at radius 3 is 2.30 bits per heavy atom. The number of furan rings is 2. The van der Waals surface area contributed by atoms with Crippen LogP contribution in [0, 0.1) is 0 Å². The summed E-state index contributed by atoms with van der Waals surface area (Å²) in [5.74, 6) is 0.148. The highest BCUT2D eigenvalue weighted by molar-refractivity contribution is 6.16. The van der Waals surface area contributed by atoms with Gasteiger partial charge in [0.1, 0.15) is 28.1 Å². The Balaban J connectivity index is 1.75. The van der Waals surface area contributed by atoms with Crippen LogP contribution in [0.1, 0.15) is 0 Å². The van der Waals surface area contributed by atoms with Gasteiger partial charge in [0.15, 0.2) is 0 Å². The summed E-state index contributed by atoms with van der Waals surface area (Å²) in [5.41, 5.74) is 4.34. The van der Waals surface area contributed by atoms with E-state index in [4.69, 9.17) is 8.83 Å². The van der Waals surface area contributed by atoms with E-state index in [1.807, 2.05) is 60.7 Å². The van der Waals surface area contributed by atoms with Crippen molar-refractivity contribution in [3.63, 3.8) is 0 Å². The third-order valence-electron chi connectivity index (χ3n) is 5.04. The van der Waals surface area contributed by atoms with Crippen molar-refractivity contribution < 1.29 is 13.9 Å². The monoisotopic (exact) mass is 351 g/mol. The maximum absolute atomic E-state index is 10.5. The van der Waals surface area contributed by atoms with Crippen LogP contribution in [-0.2, 0) is 0 Å². The summed E-state index contributed by atoms with van der Waals surface area (Å²) >= 11 is 0. The second-order valence-corrected chi connectivity index (χ2v) is 6.60. The van der Waals surface area contributed by atoms with E-state index < -0.39 is 0 Å². The van der Waals surface area contributed by atoms with E-state index >= 15 is 0 Å². The largest absolute Gasteiger partial charge is 0.507 e. The summed E-state index contributed by atoms with van der Waals surface area (Å²) in [6, 6.07) is 21.1. The quantitative estimate of drug-likeness (QED) is 0.380. The number of hydrogen-bond acceptors (Lipinski definition) is 4. The number of aromatic nitrogens is 1. The lowest BCUT2D eigenvalue weighted by atomic mass is 10.0. The minimum atomic E-state index is 0.148. The topological polar surface area (TPSA) is 59.4 Å². The van der Waals surface area contributed by atoms with Crippen LogP contribution < -0.4 is 0 Å². The molecule has 3 aromatic heterocycles. The number of phenols is 1. The normalized spacial score (nSPS) is 11.9. The molecule has 0 atom stereocenters. The predicted octanol–water partition coefficient (Wildman–Crippen LogP) is 6.25. The molecule has 3 aromatic carbocycles. The van der Waals surface area contributed by atoms with Gasteiger partial charge in [-0.05, 0) is 42.5 Å². The van der Waals surface area contributed by atoms with Crippen molar-refractivity contribution in [3.8, 4) is 17.0 Å². The van der Waals surface area contributed by atoms with E-state index in [2.05, 4.69) is 4.98 Å². The number of para-hydroxylation sites is 1. The van der Waals surface area contributed by atoms with Gasteiger partial charge >= 0.3 is 0 Å². The third kappa shape index (κ3) is 1.95. The minimum absolute atomic E-state index is 0.148. The molecule has 0 unspecified atom stereocenters. The summed E-state index contributed by atoms with van der Waals surface area (Å²) in [6.07, 6.45) is 1.70. The molecule has 0 bridgehead atoms. The SMILES string of the molecule is Oc1ccc2c(oc3cc4c(cc32)oc2ccccc24)c1-c1ccccn1. The molecule has 6 rings (SSSR count). The molecule has 4 heteroatoms. The van der Waals surface area contributed by atoms with E-state index in [0.29, 0.717) is 16.8 Å². The molecule has 4 nitrogen and oxygen atoms in total. The van der Waals surface area contributed by atoms with Crippen molar-refractivity contribution in [1.82, 2.24) is 4.98 Å². The lowest BCUT2D eigenvalue weighted by Crippen LogP contribution is -1.83. The third-order valence-corrected chi connectivity index (χ3v) is 5.04. The van der Waals surface area contributed by atoms with Crippen molar-refractivity contribution in [3.05, 3.63) is 72.9 Å². The van der Waals surface area contributed by atoms with Gasteiger partial charge in [0.2, 0.25) is 0 Å². The van der Waals surface area contributed by atoms with Crippen LogP contribution in [0.3, 0.4) is 0 Å². The summed E-state index contributed by atoms with van der Waals surface area (Å²) in [6.45, 7) is 0. The van der Waals surface area contributed by atoms with Crippen molar-refractivity contribution >= 4 is 43.9 Å². The average Bonchev–Trinajstić information content (AvgIpc) is 3.24. The fraction of sp³-hybridized carbons (Fsp3) is 0. The van der Waals surface area contributed by atoms with Crippen LogP contribution in [0.5, 0.6) is 5.75 Å². The Kier molecular flexibility index (Phi) is 2.72. The number of phenolic OH excluding ortho intramolecular Hbond substituents is 1. The molecule has 0 aliphatic heterocycles. The molecule has 3 heterocycles. The molecule has 0 fully saturated rings. The Hall–Kier alpha value is -3.79. The van der Waals surface area contributed by atoms with Crippen LogP contribution in [0.25, 0.3) is 55.1 Å². The Bertz CT molecular complexity index is 1480. The molecule has 6 aromatic rings. The number of pyridine rings is 1. The number of benzene rings is 3. The summed E-state index contributed by atoms with van der Waals surface area (Å²) in [5, 5.41) is 14.4. The first-order valence-electron chi connectivity index (χ1n) is 8.70. The summed E-state index contributed by atoms with van der Waals surface area (Å²) < 4.78 is 12.2. The number of rotatable bonds is 1. The van der Waals surface area contributed by atoms with E-state index in [0.717, 1.165) is 38.3 Å². The molecular weight excluding hydrogens is 338 g/mol. The van der Waals surface area contributed by atoms with E-state index in [1.165, 1.54) is 0 Å². The van der Waals surface area contributed by atoms with Gasteiger partial charge in [0.25, 0.3) is 0 Å². The van der Waals surface area contributed by atoms with Crippen molar-refractivity contribution in [1.29, 1.82) is 0 Å². The van der Waals surface area contributed by atoms with Gasteiger partial charge < -0.3 is 13.9 Å². The van der Waals surface area contributed by atoms with Gasteiger partial charge in [0.05, 0.1) is 11.3 Å². The zero-order chi connectivity index (χ0) is 18.0. The van der Waals surface area contributed by atoms with Gasteiger partial charge in [0, 0.05) is 27.7 Å². The second-order valence-electron chi connectivity index (χ2n) is 6.60. The highest BCUT2D eigenvalue weighted by Gasteiger charge is 2.18. The molecule has 1 N–H and O–H groups in total. The maximum Gasteiger partial charge on any atom is 0.148 e. The van der Waals surface area contributed by atoms with Crippen LogP contribution in [0.15, 0.2) is 81.8 Å². The highest BCUT2D eigenvalue weighted by atomic mass is 16.3. The molecular formula is C23H13NO3. The number of aromatic hydroxyl groups is 1. The molecule has 0 spiro atoms. The maximum atomic E-state index is 10.5. The zero-order valence-electron chi connectivity index (χ0n) is 14.1. The molecule has 0 aliphatic carbocycles. The van der Waals surface area contributed by atoms with Crippen LogP contribution in [-0.4, -0.2) is 10.1 Å². The molecule has 0 saturated heterocycles. The van der Waals surface area contributed by atoms with Gasteiger partial charge in [-0.25, -0.2) is 0 Å². The number of fused-ring (bicyclic) bond motifs is 6. The van der Waals surface area contributed by atoms with Crippen LogP contribution >= 0.6 is 0 Å². The van der Waals surface area contributed by atoms with E-state index in [1.54, 1.807) is 12.3 Å². The lowest BCUT2D eigenvalue weighted by Gasteiger charge is -2.04. The predicted molar refractivity (Wildman–Crippen MR) is 106 cm³/mol. The smallest absolute Gasteiger partial charge is 0.148 e. The van der Waals surface area contributed by atoms with Crippen LogP contribution in [0.2, 0.25) is 0 Å². The van der Waals surface area contributed by atoms with Crippen molar-refractivity contribution in [2.45, 2.75) is 0 Å². The molecule has 0 saturated carbocycles. The lowest BCUT2D eigenvalue weighted by molar-refractivity contribution is 0.476.